The molecular weight excluding hydrogens is 275 g/mol. The maximum Gasteiger partial charge on any atom is 0.270 e. The van der Waals surface area contributed by atoms with Crippen LogP contribution in [0.5, 0.6) is 0 Å². The van der Waals surface area contributed by atoms with Gasteiger partial charge in [0.15, 0.2) is 0 Å². The van der Waals surface area contributed by atoms with Crippen LogP contribution in [-0.2, 0) is 0 Å². The van der Waals surface area contributed by atoms with Crippen molar-refractivity contribution in [2.75, 3.05) is 6.54 Å². The third-order valence-electron chi connectivity index (χ3n) is 4.36. The Kier molecular flexibility index (Phi) is 3.61. The molecule has 1 amide bonds. The summed E-state index contributed by atoms with van der Waals surface area (Å²) in [5, 5.41) is 13.4. The first-order valence-corrected chi connectivity index (χ1v) is 7.28. The Morgan fingerprint density at radius 3 is 2.48 bits per heavy atom. The number of carbonyl (C=O) groups is 1. The molecule has 0 spiro atoms. The zero-order valence-corrected chi connectivity index (χ0v) is 11.5. The molecule has 1 N–H and O–H groups in total. The minimum atomic E-state index is -0.729. The van der Waals surface area contributed by atoms with Crippen molar-refractivity contribution < 1.29 is 14.1 Å². The zero-order valence-electron chi connectivity index (χ0n) is 11.5. The number of rotatable bonds is 6. The van der Waals surface area contributed by atoms with Crippen LogP contribution in [0, 0.1) is 33.7 Å². The van der Waals surface area contributed by atoms with E-state index in [1.54, 1.807) is 0 Å². The molecular formula is C15H17FN2O3. The normalized spacial score (nSPS) is 17.8. The van der Waals surface area contributed by atoms with E-state index in [0.717, 1.165) is 18.2 Å². The fraction of sp³-hybridized carbons (Fsp3) is 0.533. The van der Waals surface area contributed by atoms with Gasteiger partial charge in [0.1, 0.15) is 5.82 Å². The van der Waals surface area contributed by atoms with E-state index in [9.17, 15) is 19.3 Å². The van der Waals surface area contributed by atoms with E-state index in [0.29, 0.717) is 24.3 Å². The summed E-state index contributed by atoms with van der Waals surface area (Å²) in [7, 11) is 0. The number of hydrogen-bond donors (Lipinski definition) is 1. The highest BCUT2D eigenvalue weighted by molar-refractivity contribution is 5.95. The summed E-state index contributed by atoms with van der Waals surface area (Å²) in [5.41, 5.74) is -0.531. The van der Waals surface area contributed by atoms with E-state index in [1.807, 2.05) is 0 Å². The lowest BCUT2D eigenvalue weighted by atomic mass is 9.98. The molecule has 1 aromatic carbocycles. The van der Waals surface area contributed by atoms with Gasteiger partial charge in [-0.15, -0.1) is 0 Å². The average Bonchev–Trinajstić information content (AvgIpc) is 3.32. The van der Waals surface area contributed by atoms with Gasteiger partial charge in [0.05, 0.1) is 10.5 Å². The molecule has 0 bridgehead atoms. The SMILES string of the molecule is O=C(NCC(C1CC1)C1CC1)c1cc([N+](=O)[O-])ccc1F. The highest BCUT2D eigenvalue weighted by Gasteiger charge is 2.41. The Morgan fingerprint density at radius 1 is 1.33 bits per heavy atom. The number of halogens is 1. The second-order valence-corrected chi connectivity index (χ2v) is 5.97. The van der Waals surface area contributed by atoms with Crippen molar-refractivity contribution in [3.63, 3.8) is 0 Å². The molecule has 0 atom stereocenters. The Labute approximate surface area is 121 Å². The van der Waals surface area contributed by atoms with Gasteiger partial charge in [-0.2, -0.15) is 0 Å². The number of non-ortho nitro benzene ring substituents is 1. The van der Waals surface area contributed by atoms with Crippen LogP contribution in [0.15, 0.2) is 18.2 Å². The number of hydrogen-bond acceptors (Lipinski definition) is 3. The number of amides is 1. The maximum absolute atomic E-state index is 13.7. The summed E-state index contributed by atoms with van der Waals surface area (Å²) in [5.74, 6) is 0.561. The predicted octanol–water partition coefficient (Wildman–Crippen LogP) is 2.90. The molecule has 0 saturated heterocycles. The quantitative estimate of drug-likeness (QED) is 0.647. The number of nitro benzene ring substituents is 1. The van der Waals surface area contributed by atoms with Gasteiger partial charge >= 0.3 is 0 Å². The minimum Gasteiger partial charge on any atom is -0.352 e. The van der Waals surface area contributed by atoms with Crippen molar-refractivity contribution >= 4 is 11.6 Å². The van der Waals surface area contributed by atoms with Crippen molar-refractivity contribution in [3.8, 4) is 0 Å². The minimum absolute atomic E-state index is 0.255. The van der Waals surface area contributed by atoms with Crippen molar-refractivity contribution in [2.24, 2.45) is 17.8 Å². The Morgan fingerprint density at radius 2 is 1.95 bits per heavy atom. The predicted molar refractivity (Wildman–Crippen MR) is 74.3 cm³/mol. The Hall–Kier alpha value is -1.98. The third-order valence-corrected chi connectivity index (χ3v) is 4.36. The molecule has 0 unspecified atom stereocenters. The van der Waals surface area contributed by atoms with Crippen LogP contribution in [0.4, 0.5) is 10.1 Å². The van der Waals surface area contributed by atoms with Crippen LogP contribution in [-0.4, -0.2) is 17.4 Å². The molecule has 0 aliphatic heterocycles. The fourth-order valence-corrected chi connectivity index (χ4v) is 2.87. The molecule has 5 nitrogen and oxygen atoms in total. The molecule has 0 heterocycles. The lowest BCUT2D eigenvalue weighted by molar-refractivity contribution is -0.384. The Balaban J connectivity index is 1.66. The van der Waals surface area contributed by atoms with Gasteiger partial charge in [0.2, 0.25) is 0 Å². The molecule has 2 aliphatic carbocycles. The van der Waals surface area contributed by atoms with Crippen LogP contribution in [0.2, 0.25) is 0 Å². The first-order valence-electron chi connectivity index (χ1n) is 7.28. The molecule has 6 heteroatoms. The van der Waals surface area contributed by atoms with Crippen LogP contribution < -0.4 is 5.32 Å². The van der Waals surface area contributed by atoms with Crippen molar-refractivity contribution in [3.05, 3.63) is 39.7 Å². The fourth-order valence-electron chi connectivity index (χ4n) is 2.87. The van der Waals surface area contributed by atoms with Gasteiger partial charge in [-0.3, -0.25) is 14.9 Å². The van der Waals surface area contributed by atoms with Crippen molar-refractivity contribution in [1.29, 1.82) is 0 Å². The first kappa shape index (κ1) is 14.0. The molecule has 2 aliphatic rings. The average molecular weight is 292 g/mol. The van der Waals surface area contributed by atoms with E-state index >= 15 is 0 Å². The number of carbonyl (C=O) groups excluding carboxylic acids is 1. The topological polar surface area (TPSA) is 72.2 Å². The van der Waals surface area contributed by atoms with Crippen LogP contribution in [0.25, 0.3) is 0 Å². The highest BCUT2D eigenvalue weighted by atomic mass is 19.1. The summed E-state index contributed by atoms with van der Waals surface area (Å²) in [6.45, 7) is 0.538. The van der Waals surface area contributed by atoms with Gasteiger partial charge in [-0.05, 0) is 49.5 Å². The molecule has 1 aromatic rings. The lowest BCUT2D eigenvalue weighted by Crippen LogP contribution is -2.31. The standard InChI is InChI=1S/C15H17FN2O3/c16-14-6-5-11(18(20)21)7-12(14)15(19)17-8-13(9-1-2-9)10-3-4-10/h5-7,9-10,13H,1-4,8H2,(H,17,19). The van der Waals surface area contributed by atoms with Gasteiger partial charge in [-0.25, -0.2) is 4.39 Å². The molecule has 2 saturated carbocycles. The molecule has 2 fully saturated rings. The largest absolute Gasteiger partial charge is 0.352 e. The lowest BCUT2D eigenvalue weighted by Gasteiger charge is -2.16. The second kappa shape index (κ2) is 5.42. The maximum atomic E-state index is 13.7. The number of benzene rings is 1. The Bertz CT molecular complexity index is 570. The monoisotopic (exact) mass is 292 g/mol. The molecule has 0 radical (unpaired) electrons. The first-order chi connectivity index (χ1) is 10.1. The van der Waals surface area contributed by atoms with Crippen molar-refractivity contribution in [1.82, 2.24) is 5.32 Å². The molecule has 112 valence electrons. The van der Waals surface area contributed by atoms with Gasteiger partial charge in [-0.1, -0.05) is 0 Å². The third kappa shape index (κ3) is 3.20. The van der Waals surface area contributed by atoms with E-state index in [2.05, 4.69) is 5.32 Å². The summed E-state index contributed by atoms with van der Waals surface area (Å²) < 4.78 is 13.7. The summed E-state index contributed by atoms with van der Waals surface area (Å²) >= 11 is 0. The summed E-state index contributed by atoms with van der Waals surface area (Å²) in [6.07, 6.45) is 4.84. The molecule has 0 aromatic heterocycles. The smallest absolute Gasteiger partial charge is 0.270 e. The molecule has 21 heavy (non-hydrogen) atoms. The van der Waals surface area contributed by atoms with Crippen LogP contribution in [0.3, 0.4) is 0 Å². The van der Waals surface area contributed by atoms with Gasteiger partial charge in [0.25, 0.3) is 11.6 Å². The molecule has 3 rings (SSSR count). The zero-order chi connectivity index (χ0) is 15.0. The summed E-state index contributed by atoms with van der Waals surface area (Å²) in [4.78, 5) is 22.1. The van der Waals surface area contributed by atoms with E-state index < -0.39 is 16.6 Å². The van der Waals surface area contributed by atoms with Gasteiger partial charge in [0, 0.05) is 18.7 Å². The number of nitro groups is 1. The van der Waals surface area contributed by atoms with Crippen LogP contribution >= 0.6 is 0 Å². The van der Waals surface area contributed by atoms with E-state index in [1.165, 1.54) is 25.7 Å². The van der Waals surface area contributed by atoms with E-state index in [-0.39, 0.29) is 11.3 Å². The highest BCUT2D eigenvalue weighted by Crippen LogP contribution is 2.48. The van der Waals surface area contributed by atoms with Crippen molar-refractivity contribution in [2.45, 2.75) is 25.7 Å². The van der Waals surface area contributed by atoms with Crippen LogP contribution in [0.1, 0.15) is 36.0 Å². The van der Waals surface area contributed by atoms with E-state index in [4.69, 9.17) is 0 Å². The van der Waals surface area contributed by atoms with Gasteiger partial charge < -0.3 is 5.32 Å². The number of nitrogens with one attached hydrogen (secondary N) is 1. The summed E-state index contributed by atoms with van der Waals surface area (Å²) in [6, 6.07) is 3.02. The second-order valence-electron chi connectivity index (χ2n) is 5.97. The number of nitrogens with zero attached hydrogens (tertiary/aromatic N) is 1.